The van der Waals surface area contributed by atoms with Crippen molar-refractivity contribution in [1.82, 2.24) is 0 Å². The number of hydrogen-bond acceptors (Lipinski definition) is 0. The summed E-state index contributed by atoms with van der Waals surface area (Å²) in [6, 6.07) is 0. The topological polar surface area (TPSA) is 0 Å². The molecule has 0 saturated heterocycles. The lowest BCUT2D eigenvalue weighted by molar-refractivity contribution is 0.509. The van der Waals surface area contributed by atoms with Gasteiger partial charge in [-0.15, -0.1) is 0 Å². The summed E-state index contributed by atoms with van der Waals surface area (Å²) in [5, 5.41) is 0.0564. The van der Waals surface area contributed by atoms with Gasteiger partial charge in [0.05, 0.1) is 0 Å². The predicted octanol–water partition coefficient (Wildman–Crippen LogP) is 4.79. The molecule has 0 heterocycles. The molecule has 84 valence electrons. The van der Waals surface area contributed by atoms with Crippen molar-refractivity contribution in [2.24, 2.45) is 0 Å². The number of hydrogen-bond donors (Lipinski definition) is 0. The maximum Gasteiger partial charge on any atom is 0.137 e. The van der Waals surface area contributed by atoms with Crippen LogP contribution in [0.4, 0.5) is 13.2 Å². The lowest BCUT2D eigenvalue weighted by Gasteiger charge is -2.11. The second-order valence-electron chi connectivity index (χ2n) is 2.78. The van der Waals surface area contributed by atoms with Gasteiger partial charge in [0.1, 0.15) is 17.5 Å². The maximum absolute atomic E-state index is 13.6. The van der Waals surface area contributed by atoms with Gasteiger partial charge in [-0.25, -0.2) is 13.2 Å². The number of halogens is 6. The standard InChI is InChI=1S/C9H6Br3F3/c10-1-4-7(13)5(2-11)9(15)6(3-12)8(4)14/h1-3H2. The van der Waals surface area contributed by atoms with Crippen LogP contribution < -0.4 is 0 Å². The summed E-state index contributed by atoms with van der Waals surface area (Å²) in [7, 11) is 0. The number of benzene rings is 1. The summed E-state index contributed by atoms with van der Waals surface area (Å²) in [5.74, 6) is -2.49. The smallest absolute Gasteiger partial charge is 0.137 e. The first-order valence-electron chi connectivity index (χ1n) is 3.93. The summed E-state index contributed by atoms with van der Waals surface area (Å²) in [5.41, 5.74) is -0.416. The Hall–Kier alpha value is 0.450. The largest absolute Gasteiger partial charge is 0.206 e. The Morgan fingerprint density at radius 2 is 0.800 bits per heavy atom. The molecular formula is C9H6Br3F3. The van der Waals surface area contributed by atoms with Crippen molar-refractivity contribution in [2.45, 2.75) is 16.0 Å². The molecule has 0 aliphatic carbocycles. The molecule has 0 atom stereocenters. The van der Waals surface area contributed by atoms with E-state index < -0.39 is 17.5 Å². The van der Waals surface area contributed by atoms with E-state index in [0.29, 0.717) is 0 Å². The minimum absolute atomic E-state index is 0.0188. The molecule has 0 aliphatic rings. The van der Waals surface area contributed by atoms with Crippen molar-refractivity contribution >= 4 is 47.8 Å². The van der Waals surface area contributed by atoms with E-state index in [4.69, 9.17) is 0 Å². The van der Waals surface area contributed by atoms with Crippen LogP contribution in [0.1, 0.15) is 16.7 Å². The Kier molecular flexibility index (Phi) is 5.12. The first-order valence-corrected chi connectivity index (χ1v) is 7.29. The van der Waals surface area contributed by atoms with Crippen LogP contribution >= 0.6 is 47.8 Å². The summed E-state index contributed by atoms with van der Waals surface area (Å²) in [4.78, 5) is 0. The quantitative estimate of drug-likeness (QED) is 0.629. The lowest BCUT2D eigenvalue weighted by atomic mass is 10.1. The molecule has 1 aromatic rings. The monoisotopic (exact) mass is 408 g/mol. The SMILES string of the molecule is Fc1c(CBr)c(F)c(CBr)c(F)c1CBr. The Bertz CT molecular complexity index is 301. The van der Waals surface area contributed by atoms with Gasteiger partial charge in [-0.3, -0.25) is 0 Å². The highest BCUT2D eigenvalue weighted by atomic mass is 79.9. The molecule has 0 N–H and O–H groups in total. The molecule has 0 radical (unpaired) electrons. The Balaban J connectivity index is 3.57. The maximum atomic E-state index is 13.6. The second kappa shape index (κ2) is 5.68. The predicted molar refractivity (Wildman–Crippen MR) is 64.2 cm³/mol. The summed E-state index contributed by atoms with van der Waals surface area (Å²) >= 11 is 8.93. The van der Waals surface area contributed by atoms with Crippen LogP contribution in [0.5, 0.6) is 0 Å². The fraction of sp³-hybridized carbons (Fsp3) is 0.333. The molecule has 0 aromatic heterocycles. The van der Waals surface area contributed by atoms with Crippen molar-refractivity contribution in [1.29, 1.82) is 0 Å². The van der Waals surface area contributed by atoms with Crippen molar-refractivity contribution in [3.63, 3.8) is 0 Å². The van der Waals surface area contributed by atoms with Gasteiger partial charge in [0.2, 0.25) is 0 Å². The molecule has 15 heavy (non-hydrogen) atoms. The van der Waals surface area contributed by atoms with Gasteiger partial charge in [-0.05, 0) is 0 Å². The van der Waals surface area contributed by atoms with E-state index >= 15 is 0 Å². The van der Waals surface area contributed by atoms with Crippen LogP contribution in [0.2, 0.25) is 0 Å². The average Bonchev–Trinajstić information content (AvgIpc) is 2.19. The minimum Gasteiger partial charge on any atom is -0.206 e. The van der Waals surface area contributed by atoms with E-state index in [2.05, 4.69) is 47.8 Å². The van der Waals surface area contributed by atoms with Crippen molar-refractivity contribution in [3.8, 4) is 0 Å². The van der Waals surface area contributed by atoms with Crippen LogP contribution in [0.15, 0.2) is 0 Å². The van der Waals surface area contributed by atoms with E-state index in [0.717, 1.165) is 0 Å². The third kappa shape index (κ3) is 2.42. The zero-order chi connectivity index (χ0) is 11.6. The molecule has 0 amide bonds. The highest BCUT2D eigenvalue weighted by Gasteiger charge is 2.22. The fourth-order valence-corrected chi connectivity index (χ4v) is 2.66. The number of alkyl halides is 3. The molecular weight excluding hydrogens is 405 g/mol. The molecule has 1 rings (SSSR count). The van der Waals surface area contributed by atoms with Gasteiger partial charge in [0.15, 0.2) is 0 Å². The lowest BCUT2D eigenvalue weighted by Crippen LogP contribution is -2.06. The molecule has 0 spiro atoms. The van der Waals surface area contributed by atoms with Crippen molar-refractivity contribution < 1.29 is 13.2 Å². The normalized spacial score (nSPS) is 10.8. The Labute approximate surface area is 111 Å². The zero-order valence-electron chi connectivity index (χ0n) is 7.39. The molecule has 0 saturated carbocycles. The van der Waals surface area contributed by atoms with E-state index in [1.165, 1.54) is 0 Å². The van der Waals surface area contributed by atoms with Crippen LogP contribution in [0, 0.1) is 17.5 Å². The Morgan fingerprint density at radius 1 is 0.600 bits per heavy atom. The van der Waals surface area contributed by atoms with E-state index in [9.17, 15) is 13.2 Å². The molecule has 6 heteroatoms. The average molecular weight is 411 g/mol. The Morgan fingerprint density at radius 3 is 0.933 bits per heavy atom. The first-order chi connectivity index (χ1) is 7.08. The van der Waals surface area contributed by atoms with Gasteiger partial charge < -0.3 is 0 Å². The first kappa shape index (κ1) is 13.5. The van der Waals surface area contributed by atoms with E-state index in [-0.39, 0.29) is 32.7 Å². The highest BCUT2D eigenvalue weighted by molar-refractivity contribution is 9.09. The minimum atomic E-state index is -0.830. The van der Waals surface area contributed by atoms with E-state index in [1.807, 2.05) is 0 Å². The molecule has 1 aromatic carbocycles. The summed E-state index contributed by atoms with van der Waals surface area (Å²) in [6.45, 7) is 0. The third-order valence-corrected chi connectivity index (χ3v) is 3.67. The molecule has 0 aliphatic heterocycles. The fourth-order valence-electron chi connectivity index (χ4n) is 1.19. The number of rotatable bonds is 3. The van der Waals surface area contributed by atoms with Gasteiger partial charge in [0.25, 0.3) is 0 Å². The van der Waals surface area contributed by atoms with Gasteiger partial charge in [-0.2, -0.15) is 0 Å². The van der Waals surface area contributed by atoms with Gasteiger partial charge >= 0.3 is 0 Å². The molecule has 0 nitrogen and oxygen atoms in total. The van der Waals surface area contributed by atoms with Crippen molar-refractivity contribution in [3.05, 3.63) is 34.1 Å². The highest BCUT2D eigenvalue weighted by Crippen LogP contribution is 2.29. The second-order valence-corrected chi connectivity index (χ2v) is 4.46. The van der Waals surface area contributed by atoms with Gasteiger partial charge in [-0.1, -0.05) is 47.8 Å². The molecule has 0 unspecified atom stereocenters. The molecule has 0 fully saturated rings. The van der Waals surface area contributed by atoms with Crippen LogP contribution in [0.3, 0.4) is 0 Å². The molecule has 0 bridgehead atoms. The van der Waals surface area contributed by atoms with Crippen LogP contribution in [-0.4, -0.2) is 0 Å². The zero-order valence-corrected chi connectivity index (χ0v) is 12.1. The van der Waals surface area contributed by atoms with Crippen molar-refractivity contribution in [2.75, 3.05) is 0 Å². The van der Waals surface area contributed by atoms with Crippen LogP contribution in [0.25, 0.3) is 0 Å². The summed E-state index contributed by atoms with van der Waals surface area (Å²) < 4.78 is 40.7. The van der Waals surface area contributed by atoms with E-state index in [1.54, 1.807) is 0 Å². The van der Waals surface area contributed by atoms with Crippen LogP contribution in [-0.2, 0) is 16.0 Å². The summed E-state index contributed by atoms with van der Waals surface area (Å²) in [6.07, 6.45) is 0. The van der Waals surface area contributed by atoms with Gasteiger partial charge in [0, 0.05) is 32.7 Å². The third-order valence-electron chi connectivity index (χ3n) is 1.99.